The molecule has 1 aromatic carbocycles. The van der Waals surface area contributed by atoms with Crippen LogP contribution in [0.1, 0.15) is 31.2 Å². The summed E-state index contributed by atoms with van der Waals surface area (Å²) in [5.74, 6) is 0.143. The molecule has 2 rings (SSSR count). The van der Waals surface area contributed by atoms with E-state index in [1.165, 1.54) is 0 Å². The first kappa shape index (κ1) is 12.1. The molecule has 0 spiro atoms. The Kier molecular flexibility index (Phi) is 4.15. The van der Waals surface area contributed by atoms with Crippen molar-refractivity contribution in [2.75, 3.05) is 13.1 Å². The fourth-order valence-electron chi connectivity index (χ4n) is 2.34. The molecule has 0 aromatic heterocycles. The number of nitrogens with one attached hydrogen (secondary N) is 2. The van der Waals surface area contributed by atoms with Crippen LogP contribution in [0.25, 0.3) is 0 Å². The lowest BCUT2D eigenvalue weighted by Gasteiger charge is -2.18. The van der Waals surface area contributed by atoms with Crippen molar-refractivity contribution in [3.05, 3.63) is 35.9 Å². The van der Waals surface area contributed by atoms with Gasteiger partial charge in [0.25, 0.3) is 0 Å². The summed E-state index contributed by atoms with van der Waals surface area (Å²) < 4.78 is 0. The molecule has 2 atom stereocenters. The van der Waals surface area contributed by atoms with E-state index in [0.717, 1.165) is 31.5 Å². The Hall–Kier alpha value is -1.35. The fourth-order valence-corrected chi connectivity index (χ4v) is 2.34. The molecule has 0 radical (unpaired) electrons. The molecule has 17 heavy (non-hydrogen) atoms. The topological polar surface area (TPSA) is 41.1 Å². The highest BCUT2D eigenvalue weighted by atomic mass is 16.1. The highest BCUT2D eigenvalue weighted by Gasteiger charge is 2.22. The Bertz CT molecular complexity index is 358. The molecule has 1 saturated heterocycles. The normalized spacial score (nSPS) is 21.1. The number of carbonyl (C=O) groups is 1. The molecule has 1 amide bonds. The molecule has 1 aliphatic heterocycles. The summed E-state index contributed by atoms with van der Waals surface area (Å²) >= 11 is 0. The van der Waals surface area contributed by atoms with Crippen molar-refractivity contribution in [3.8, 4) is 0 Å². The minimum absolute atomic E-state index is 0.0169. The largest absolute Gasteiger partial charge is 0.352 e. The van der Waals surface area contributed by atoms with Gasteiger partial charge in [-0.05, 0) is 24.9 Å². The number of rotatable bonds is 4. The molecule has 1 heterocycles. The maximum absolute atomic E-state index is 12.2. The first-order valence-electron chi connectivity index (χ1n) is 6.37. The predicted octanol–water partition coefficient (Wildman–Crippen LogP) is 1.66. The van der Waals surface area contributed by atoms with Gasteiger partial charge in [-0.2, -0.15) is 0 Å². The van der Waals surface area contributed by atoms with Gasteiger partial charge < -0.3 is 10.6 Å². The fraction of sp³-hybridized carbons (Fsp3) is 0.500. The van der Waals surface area contributed by atoms with Gasteiger partial charge in [0.2, 0.25) is 5.91 Å². The maximum atomic E-state index is 12.2. The van der Waals surface area contributed by atoms with Gasteiger partial charge in [-0.1, -0.05) is 37.3 Å². The SMILES string of the molecule is CCC(C(=O)NC1CCNC1)c1ccccc1. The summed E-state index contributed by atoms with van der Waals surface area (Å²) in [7, 11) is 0. The first-order valence-corrected chi connectivity index (χ1v) is 6.37. The third-order valence-electron chi connectivity index (χ3n) is 3.33. The van der Waals surface area contributed by atoms with E-state index in [2.05, 4.69) is 17.6 Å². The Morgan fingerprint density at radius 2 is 2.24 bits per heavy atom. The highest BCUT2D eigenvalue weighted by molar-refractivity contribution is 5.83. The van der Waals surface area contributed by atoms with Crippen molar-refractivity contribution in [2.24, 2.45) is 0 Å². The van der Waals surface area contributed by atoms with Crippen molar-refractivity contribution in [1.82, 2.24) is 10.6 Å². The van der Waals surface area contributed by atoms with Crippen LogP contribution >= 0.6 is 0 Å². The van der Waals surface area contributed by atoms with Crippen LogP contribution in [0.15, 0.2) is 30.3 Å². The highest BCUT2D eigenvalue weighted by Crippen LogP contribution is 2.19. The molecular formula is C14H20N2O. The van der Waals surface area contributed by atoms with Crippen LogP contribution < -0.4 is 10.6 Å². The molecule has 1 fully saturated rings. The molecule has 0 bridgehead atoms. The van der Waals surface area contributed by atoms with Crippen molar-refractivity contribution in [2.45, 2.75) is 31.7 Å². The monoisotopic (exact) mass is 232 g/mol. The second-order valence-electron chi connectivity index (χ2n) is 4.57. The van der Waals surface area contributed by atoms with Gasteiger partial charge in [0.15, 0.2) is 0 Å². The zero-order valence-corrected chi connectivity index (χ0v) is 10.3. The van der Waals surface area contributed by atoms with Crippen LogP contribution in [-0.2, 0) is 4.79 Å². The van der Waals surface area contributed by atoms with E-state index >= 15 is 0 Å². The quantitative estimate of drug-likeness (QED) is 0.829. The lowest BCUT2D eigenvalue weighted by molar-refractivity contribution is -0.123. The van der Waals surface area contributed by atoms with Crippen LogP contribution in [0.4, 0.5) is 0 Å². The average molecular weight is 232 g/mol. The average Bonchev–Trinajstić information content (AvgIpc) is 2.84. The minimum atomic E-state index is -0.0169. The predicted molar refractivity (Wildman–Crippen MR) is 68.9 cm³/mol. The van der Waals surface area contributed by atoms with Crippen LogP contribution in [0.3, 0.4) is 0 Å². The Morgan fingerprint density at radius 1 is 1.47 bits per heavy atom. The zero-order valence-electron chi connectivity index (χ0n) is 10.3. The van der Waals surface area contributed by atoms with Crippen molar-refractivity contribution < 1.29 is 4.79 Å². The van der Waals surface area contributed by atoms with Gasteiger partial charge in [-0.3, -0.25) is 4.79 Å². The van der Waals surface area contributed by atoms with E-state index in [9.17, 15) is 4.79 Å². The Morgan fingerprint density at radius 3 is 2.82 bits per heavy atom. The van der Waals surface area contributed by atoms with E-state index in [1.54, 1.807) is 0 Å². The smallest absolute Gasteiger partial charge is 0.227 e. The molecule has 92 valence electrons. The summed E-state index contributed by atoms with van der Waals surface area (Å²) in [5, 5.41) is 6.39. The summed E-state index contributed by atoms with van der Waals surface area (Å²) in [6.45, 7) is 3.97. The summed E-state index contributed by atoms with van der Waals surface area (Å²) in [4.78, 5) is 12.2. The van der Waals surface area contributed by atoms with Gasteiger partial charge in [0.1, 0.15) is 0 Å². The number of hydrogen-bond acceptors (Lipinski definition) is 2. The van der Waals surface area contributed by atoms with Gasteiger partial charge in [-0.15, -0.1) is 0 Å². The summed E-state index contributed by atoms with van der Waals surface area (Å²) in [6, 6.07) is 10.3. The molecule has 0 saturated carbocycles. The second kappa shape index (κ2) is 5.82. The standard InChI is InChI=1S/C14H20N2O/c1-2-13(11-6-4-3-5-7-11)14(17)16-12-8-9-15-10-12/h3-7,12-13,15H,2,8-10H2,1H3,(H,16,17). The lowest BCUT2D eigenvalue weighted by Crippen LogP contribution is -2.39. The van der Waals surface area contributed by atoms with Crippen LogP contribution in [0, 0.1) is 0 Å². The molecule has 1 aromatic rings. The van der Waals surface area contributed by atoms with Crippen LogP contribution in [0.5, 0.6) is 0 Å². The zero-order chi connectivity index (χ0) is 12.1. The third-order valence-corrected chi connectivity index (χ3v) is 3.33. The number of amides is 1. The van der Waals surface area contributed by atoms with Gasteiger partial charge >= 0.3 is 0 Å². The molecule has 1 aliphatic rings. The van der Waals surface area contributed by atoms with Crippen molar-refractivity contribution >= 4 is 5.91 Å². The molecule has 0 aliphatic carbocycles. The lowest BCUT2D eigenvalue weighted by atomic mass is 9.95. The Balaban J connectivity index is 2.00. The van der Waals surface area contributed by atoms with Crippen LogP contribution in [-0.4, -0.2) is 25.0 Å². The molecule has 2 N–H and O–H groups in total. The number of hydrogen-bond donors (Lipinski definition) is 2. The van der Waals surface area contributed by atoms with Crippen LogP contribution in [0.2, 0.25) is 0 Å². The van der Waals surface area contributed by atoms with Crippen molar-refractivity contribution in [3.63, 3.8) is 0 Å². The summed E-state index contributed by atoms with van der Waals surface area (Å²) in [5.41, 5.74) is 1.11. The number of benzene rings is 1. The second-order valence-corrected chi connectivity index (χ2v) is 4.57. The Labute approximate surface area is 103 Å². The van der Waals surface area contributed by atoms with Gasteiger partial charge in [0.05, 0.1) is 5.92 Å². The maximum Gasteiger partial charge on any atom is 0.227 e. The van der Waals surface area contributed by atoms with Gasteiger partial charge in [-0.25, -0.2) is 0 Å². The van der Waals surface area contributed by atoms with E-state index in [1.807, 2.05) is 30.3 Å². The molecule has 3 nitrogen and oxygen atoms in total. The van der Waals surface area contributed by atoms with Crippen molar-refractivity contribution in [1.29, 1.82) is 0 Å². The molecule has 3 heteroatoms. The summed E-state index contributed by atoms with van der Waals surface area (Å²) in [6.07, 6.45) is 1.88. The minimum Gasteiger partial charge on any atom is -0.352 e. The van der Waals surface area contributed by atoms with E-state index in [4.69, 9.17) is 0 Å². The van der Waals surface area contributed by atoms with E-state index in [-0.39, 0.29) is 11.8 Å². The first-order chi connectivity index (χ1) is 8.31. The van der Waals surface area contributed by atoms with E-state index in [0.29, 0.717) is 6.04 Å². The number of carbonyl (C=O) groups excluding carboxylic acids is 1. The molecular weight excluding hydrogens is 212 g/mol. The van der Waals surface area contributed by atoms with E-state index < -0.39 is 0 Å². The molecule has 2 unspecified atom stereocenters. The van der Waals surface area contributed by atoms with Gasteiger partial charge in [0, 0.05) is 12.6 Å². The third kappa shape index (κ3) is 3.07.